The molecule has 0 bridgehead atoms. The topological polar surface area (TPSA) is 25.2 Å². The number of aliphatic hydroxyl groups is 1. The first kappa shape index (κ1) is 18.3. The van der Waals surface area contributed by atoms with Crippen molar-refractivity contribution in [3.05, 3.63) is 45.3 Å². The van der Waals surface area contributed by atoms with Crippen molar-refractivity contribution in [3.8, 4) is 0 Å². The number of aliphatic hydroxyl groups excluding tert-OH is 1. The molecule has 0 radical (unpaired) electrons. The molecule has 0 saturated heterocycles. The first-order valence-electron chi connectivity index (χ1n) is 7.93. The number of hydrogen-bond donors (Lipinski definition) is 1. The van der Waals surface area contributed by atoms with Gasteiger partial charge < -0.3 is 9.67 Å². The Balaban J connectivity index is 2.02. The van der Waals surface area contributed by atoms with E-state index in [1.165, 1.54) is 10.8 Å². The fourth-order valence-corrected chi connectivity index (χ4v) is 4.37. The maximum atomic E-state index is 10.6. The summed E-state index contributed by atoms with van der Waals surface area (Å²) < 4.78 is 4.53. The zero-order valence-corrected chi connectivity index (χ0v) is 18.0. The molecule has 0 aliphatic heterocycles. The Morgan fingerprint density at radius 2 is 1.50 bits per heavy atom. The van der Waals surface area contributed by atoms with Crippen LogP contribution in [0.15, 0.2) is 45.3 Å². The number of nitrogens with zero attached hydrogens (tertiary/aromatic N) is 1. The van der Waals surface area contributed by atoms with Crippen LogP contribution >= 0.6 is 43.6 Å². The molecule has 1 aromatic heterocycles. The predicted octanol–water partition coefficient (Wildman–Crippen LogP) is 6.21. The number of rotatable bonds is 4. The van der Waals surface area contributed by atoms with Crippen LogP contribution in [0.25, 0.3) is 21.8 Å². The van der Waals surface area contributed by atoms with E-state index in [2.05, 4.69) is 93.6 Å². The minimum absolute atomic E-state index is 0.164. The molecule has 0 unspecified atom stereocenters. The predicted molar refractivity (Wildman–Crippen MR) is 113 cm³/mol. The minimum atomic E-state index is -0.375. The minimum Gasteiger partial charge on any atom is -0.390 e. The van der Waals surface area contributed by atoms with Crippen molar-refractivity contribution in [1.29, 1.82) is 0 Å². The molecule has 0 aliphatic rings. The molecule has 24 heavy (non-hydrogen) atoms. The van der Waals surface area contributed by atoms with Gasteiger partial charge in [0, 0.05) is 47.8 Å². The maximum absolute atomic E-state index is 10.6. The zero-order chi connectivity index (χ0) is 17.5. The Kier molecular flexibility index (Phi) is 5.36. The van der Waals surface area contributed by atoms with E-state index in [1.807, 2.05) is 0 Å². The zero-order valence-electron chi connectivity index (χ0n) is 14.0. The number of fused-ring (bicyclic) bond motifs is 3. The molecule has 1 atom stereocenters. The van der Waals surface area contributed by atoms with E-state index in [4.69, 9.17) is 0 Å². The highest BCUT2D eigenvalue weighted by atomic mass is 79.9. The summed E-state index contributed by atoms with van der Waals surface area (Å²) in [6.45, 7) is 7.14. The van der Waals surface area contributed by atoms with Gasteiger partial charge in [-0.15, -0.1) is 0 Å². The van der Waals surface area contributed by atoms with Crippen LogP contribution in [-0.4, -0.2) is 26.3 Å². The molecule has 2 aromatic carbocycles. The van der Waals surface area contributed by atoms with Crippen molar-refractivity contribution in [2.45, 2.75) is 38.2 Å². The lowest BCUT2D eigenvalue weighted by atomic mass is 10.2. The summed E-state index contributed by atoms with van der Waals surface area (Å²) in [6, 6.07) is 12.7. The maximum Gasteiger partial charge on any atom is 0.0809 e. The standard InChI is InChI=1S/C19H21Br2NOS/c1-19(2,3)24-11-14(23)10-22-17-6-4-12(20)8-15(17)16-9-13(21)5-7-18(16)22/h4-9,14,23H,10-11H2,1-3H3/t14-/m1/s1. The summed E-state index contributed by atoms with van der Waals surface area (Å²) in [7, 11) is 0. The van der Waals surface area contributed by atoms with Crippen molar-refractivity contribution >= 4 is 65.4 Å². The molecule has 1 N–H and O–H groups in total. The van der Waals surface area contributed by atoms with Crippen LogP contribution in [0.3, 0.4) is 0 Å². The molecule has 128 valence electrons. The largest absolute Gasteiger partial charge is 0.390 e. The van der Waals surface area contributed by atoms with Gasteiger partial charge in [-0.3, -0.25) is 0 Å². The molecular weight excluding hydrogens is 450 g/mol. The van der Waals surface area contributed by atoms with Gasteiger partial charge in [-0.2, -0.15) is 11.8 Å². The van der Waals surface area contributed by atoms with Gasteiger partial charge in [0.25, 0.3) is 0 Å². The lowest BCUT2D eigenvalue weighted by Gasteiger charge is -2.21. The summed E-state index contributed by atoms with van der Waals surface area (Å²) in [6.07, 6.45) is -0.375. The number of benzene rings is 2. The van der Waals surface area contributed by atoms with Gasteiger partial charge in [0.1, 0.15) is 0 Å². The third-order valence-electron chi connectivity index (χ3n) is 3.89. The molecule has 0 amide bonds. The fraction of sp³-hybridized carbons (Fsp3) is 0.368. The molecule has 5 heteroatoms. The molecule has 3 rings (SSSR count). The summed E-state index contributed by atoms with van der Waals surface area (Å²) in [4.78, 5) is 0. The van der Waals surface area contributed by atoms with E-state index in [-0.39, 0.29) is 10.9 Å². The van der Waals surface area contributed by atoms with E-state index in [0.717, 1.165) is 25.7 Å². The Bertz CT molecular complexity index is 823. The summed E-state index contributed by atoms with van der Waals surface area (Å²) in [5, 5.41) is 13.0. The lowest BCUT2D eigenvalue weighted by Crippen LogP contribution is -2.21. The summed E-state index contributed by atoms with van der Waals surface area (Å²) in [5.74, 6) is 0.734. The monoisotopic (exact) mass is 469 g/mol. The Morgan fingerprint density at radius 3 is 1.96 bits per heavy atom. The van der Waals surface area contributed by atoms with Crippen LogP contribution in [0.1, 0.15) is 20.8 Å². The van der Waals surface area contributed by atoms with E-state index >= 15 is 0 Å². The summed E-state index contributed by atoms with van der Waals surface area (Å²) in [5.41, 5.74) is 2.32. The highest BCUT2D eigenvalue weighted by Gasteiger charge is 2.17. The van der Waals surface area contributed by atoms with Crippen LogP contribution < -0.4 is 0 Å². The third-order valence-corrected chi connectivity index (χ3v) is 6.29. The second-order valence-corrected chi connectivity index (χ2v) is 10.7. The van der Waals surface area contributed by atoms with Crippen molar-refractivity contribution in [1.82, 2.24) is 4.57 Å². The second kappa shape index (κ2) is 7.02. The Hall–Kier alpha value is -0.490. The van der Waals surface area contributed by atoms with Gasteiger partial charge in [0.05, 0.1) is 6.10 Å². The molecule has 1 heterocycles. The number of aromatic nitrogens is 1. The highest BCUT2D eigenvalue weighted by molar-refractivity contribution is 9.10. The van der Waals surface area contributed by atoms with Gasteiger partial charge >= 0.3 is 0 Å². The average molecular weight is 471 g/mol. The number of thioether (sulfide) groups is 1. The first-order chi connectivity index (χ1) is 11.2. The molecular formula is C19H21Br2NOS. The lowest BCUT2D eigenvalue weighted by molar-refractivity contribution is 0.181. The fourth-order valence-electron chi connectivity index (χ4n) is 2.85. The van der Waals surface area contributed by atoms with Crippen LogP contribution in [0.5, 0.6) is 0 Å². The van der Waals surface area contributed by atoms with Gasteiger partial charge in [-0.05, 0) is 36.4 Å². The average Bonchev–Trinajstić information content (AvgIpc) is 2.78. The van der Waals surface area contributed by atoms with Gasteiger partial charge in [0.15, 0.2) is 0 Å². The first-order valence-corrected chi connectivity index (χ1v) is 10.5. The smallest absolute Gasteiger partial charge is 0.0809 e. The van der Waals surface area contributed by atoms with Crippen LogP contribution in [0.2, 0.25) is 0 Å². The second-order valence-electron chi connectivity index (χ2n) is 7.01. The van der Waals surface area contributed by atoms with Gasteiger partial charge in [-0.1, -0.05) is 52.6 Å². The highest BCUT2D eigenvalue weighted by Crippen LogP contribution is 2.33. The van der Waals surface area contributed by atoms with Crippen LogP contribution in [0.4, 0.5) is 0 Å². The normalized spacial score (nSPS) is 13.8. The molecule has 0 aliphatic carbocycles. The van der Waals surface area contributed by atoms with Crippen molar-refractivity contribution < 1.29 is 5.11 Å². The van der Waals surface area contributed by atoms with Crippen molar-refractivity contribution in [3.63, 3.8) is 0 Å². The van der Waals surface area contributed by atoms with E-state index in [0.29, 0.717) is 6.54 Å². The van der Waals surface area contributed by atoms with Gasteiger partial charge in [-0.25, -0.2) is 0 Å². The van der Waals surface area contributed by atoms with Crippen molar-refractivity contribution in [2.24, 2.45) is 0 Å². The number of hydrogen-bond acceptors (Lipinski definition) is 2. The Labute approximate surface area is 163 Å². The van der Waals surface area contributed by atoms with E-state index in [1.54, 1.807) is 11.8 Å². The van der Waals surface area contributed by atoms with Crippen LogP contribution in [0, 0.1) is 0 Å². The van der Waals surface area contributed by atoms with Gasteiger partial charge in [0.2, 0.25) is 0 Å². The summed E-state index contributed by atoms with van der Waals surface area (Å²) >= 11 is 8.94. The third kappa shape index (κ3) is 4.01. The number of halogens is 2. The SMILES string of the molecule is CC(C)(C)SC[C@H](O)Cn1c2ccc(Br)cc2c2cc(Br)ccc21. The molecule has 3 aromatic rings. The van der Waals surface area contributed by atoms with Crippen molar-refractivity contribution in [2.75, 3.05) is 5.75 Å². The van der Waals surface area contributed by atoms with E-state index in [9.17, 15) is 5.11 Å². The van der Waals surface area contributed by atoms with Crippen LogP contribution in [-0.2, 0) is 6.54 Å². The molecule has 2 nitrogen and oxygen atoms in total. The van der Waals surface area contributed by atoms with E-state index < -0.39 is 0 Å². The Morgan fingerprint density at radius 1 is 1.00 bits per heavy atom. The molecule has 0 fully saturated rings. The molecule has 0 spiro atoms. The molecule has 0 saturated carbocycles. The quantitative estimate of drug-likeness (QED) is 0.490.